The van der Waals surface area contributed by atoms with Crippen LogP contribution in [0.15, 0.2) is 42.5 Å². The number of nitrogens with one attached hydrogen (secondary N) is 1. The molecule has 0 spiro atoms. The van der Waals surface area contributed by atoms with E-state index in [1.54, 1.807) is 6.07 Å². The van der Waals surface area contributed by atoms with E-state index in [4.69, 9.17) is 0 Å². The van der Waals surface area contributed by atoms with E-state index in [2.05, 4.69) is 5.32 Å². The standard InChI is InChI=1S/C16H19FN2/c1-18-11-13-4-7-14(17)10-16(13)12-5-8-15(9-6-12)19(2)3/h4-10,18H,11H2,1-3H3. The summed E-state index contributed by atoms with van der Waals surface area (Å²) in [5, 5.41) is 3.11. The average Bonchev–Trinajstić information content (AvgIpc) is 2.41. The summed E-state index contributed by atoms with van der Waals surface area (Å²) >= 11 is 0. The van der Waals surface area contributed by atoms with Gasteiger partial charge >= 0.3 is 0 Å². The lowest BCUT2D eigenvalue weighted by atomic mass is 9.99. The van der Waals surface area contributed by atoms with E-state index in [1.165, 1.54) is 6.07 Å². The van der Waals surface area contributed by atoms with Crippen molar-refractivity contribution in [1.29, 1.82) is 0 Å². The number of halogens is 1. The molecule has 0 amide bonds. The van der Waals surface area contributed by atoms with Crippen LogP contribution in [0.1, 0.15) is 5.56 Å². The van der Waals surface area contributed by atoms with Gasteiger partial charge in [0.15, 0.2) is 0 Å². The summed E-state index contributed by atoms with van der Waals surface area (Å²) in [6, 6.07) is 13.1. The van der Waals surface area contributed by atoms with Crippen LogP contribution in [0.2, 0.25) is 0 Å². The van der Waals surface area contributed by atoms with E-state index in [-0.39, 0.29) is 5.82 Å². The van der Waals surface area contributed by atoms with Crippen LogP contribution in [0.3, 0.4) is 0 Å². The quantitative estimate of drug-likeness (QED) is 0.905. The molecule has 2 rings (SSSR count). The molecule has 0 saturated carbocycles. The van der Waals surface area contributed by atoms with Crippen molar-refractivity contribution in [2.45, 2.75) is 6.54 Å². The number of nitrogens with zero attached hydrogens (tertiary/aromatic N) is 1. The first-order valence-corrected chi connectivity index (χ1v) is 6.32. The second-order valence-electron chi connectivity index (χ2n) is 4.77. The van der Waals surface area contributed by atoms with Gasteiger partial charge in [-0.3, -0.25) is 0 Å². The van der Waals surface area contributed by atoms with Gasteiger partial charge in [-0.25, -0.2) is 4.39 Å². The first-order chi connectivity index (χ1) is 9.11. The molecule has 19 heavy (non-hydrogen) atoms. The monoisotopic (exact) mass is 258 g/mol. The molecule has 3 heteroatoms. The smallest absolute Gasteiger partial charge is 0.123 e. The SMILES string of the molecule is CNCc1ccc(F)cc1-c1ccc(N(C)C)cc1. The Balaban J connectivity index is 2.42. The van der Waals surface area contributed by atoms with Crippen molar-refractivity contribution in [3.8, 4) is 11.1 Å². The van der Waals surface area contributed by atoms with E-state index in [0.29, 0.717) is 0 Å². The average molecular weight is 258 g/mol. The molecule has 0 aliphatic heterocycles. The Morgan fingerprint density at radius 3 is 2.32 bits per heavy atom. The first kappa shape index (κ1) is 13.6. The van der Waals surface area contributed by atoms with Crippen LogP contribution in [-0.4, -0.2) is 21.1 Å². The zero-order valence-corrected chi connectivity index (χ0v) is 11.6. The lowest BCUT2D eigenvalue weighted by Crippen LogP contribution is -2.08. The Morgan fingerprint density at radius 2 is 1.74 bits per heavy atom. The molecule has 2 aromatic carbocycles. The van der Waals surface area contributed by atoms with Gasteiger partial charge in [0.1, 0.15) is 5.82 Å². The van der Waals surface area contributed by atoms with Crippen molar-refractivity contribution in [1.82, 2.24) is 5.32 Å². The summed E-state index contributed by atoms with van der Waals surface area (Å²) in [4.78, 5) is 2.05. The maximum absolute atomic E-state index is 13.5. The molecule has 0 aliphatic rings. The number of hydrogen-bond acceptors (Lipinski definition) is 2. The van der Waals surface area contributed by atoms with E-state index in [9.17, 15) is 4.39 Å². The summed E-state index contributed by atoms with van der Waals surface area (Å²) in [5.74, 6) is -0.202. The Kier molecular flexibility index (Phi) is 4.17. The summed E-state index contributed by atoms with van der Waals surface area (Å²) in [6.45, 7) is 0.727. The summed E-state index contributed by atoms with van der Waals surface area (Å²) < 4.78 is 13.5. The van der Waals surface area contributed by atoms with Gasteiger partial charge in [-0.2, -0.15) is 0 Å². The van der Waals surface area contributed by atoms with Gasteiger partial charge < -0.3 is 10.2 Å². The van der Waals surface area contributed by atoms with Crippen LogP contribution in [0.5, 0.6) is 0 Å². The zero-order valence-electron chi connectivity index (χ0n) is 11.6. The second-order valence-corrected chi connectivity index (χ2v) is 4.77. The van der Waals surface area contributed by atoms with Crippen LogP contribution in [0, 0.1) is 5.82 Å². The molecule has 0 fully saturated rings. The number of rotatable bonds is 4. The topological polar surface area (TPSA) is 15.3 Å². The predicted octanol–water partition coefficient (Wildman–Crippen LogP) is 3.28. The van der Waals surface area contributed by atoms with Crippen LogP contribution < -0.4 is 10.2 Å². The predicted molar refractivity (Wildman–Crippen MR) is 78.9 cm³/mol. The molecule has 0 heterocycles. The highest BCUT2D eigenvalue weighted by Crippen LogP contribution is 2.26. The van der Waals surface area contributed by atoms with Crippen molar-refractivity contribution < 1.29 is 4.39 Å². The van der Waals surface area contributed by atoms with Gasteiger partial charge in [0.05, 0.1) is 0 Å². The Bertz CT molecular complexity index is 547. The third-order valence-corrected chi connectivity index (χ3v) is 3.13. The Morgan fingerprint density at radius 1 is 1.05 bits per heavy atom. The summed E-state index contributed by atoms with van der Waals surface area (Å²) in [5.41, 5.74) is 4.21. The highest BCUT2D eigenvalue weighted by atomic mass is 19.1. The lowest BCUT2D eigenvalue weighted by molar-refractivity contribution is 0.627. The molecule has 100 valence electrons. The molecular weight excluding hydrogens is 239 g/mol. The highest BCUT2D eigenvalue weighted by molar-refractivity contribution is 5.69. The van der Waals surface area contributed by atoms with Crippen LogP contribution in [0.25, 0.3) is 11.1 Å². The Hall–Kier alpha value is -1.87. The van der Waals surface area contributed by atoms with Crippen molar-refractivity contribution in [3.05, 3.63) is 53.8 Å². The van der Waals surface area contributed by atoms with E-state index >= 15 is 0 Å². The van der Waals surface area contributed by atoms with Gasteiger partial charge in [0.25, 0.3) is 0 Å². The van der Waals surface area contributed by atoms with Gasteiger partial charge in [-0.05, 0) is 48.0 Å². The third-order valence-electron chi connectivity index (χ3n) is 3.13. The number of hydrogen-bond donors (Lipinski definition) is 1. The minimum atomic E-state index is -0.202. The summed E-state index contributed by atoms with van der Waals surface area (Å²) in [6.07, 6.45) is 0. The third kappa shape index (κ3) is 3.12. The lowest BCUT2D eigenvalue weighted by Gasteiger charge is -2.14. The van der Waals surface area contributed by atoms with Crippen LogP contribution in [0.4, 0.5) is 10.1 Å². The fourth-order valence-corrected chi connectivity index (χ4v) is 2.10. The molecule has 0 aliphatic carbocycles. The molecule has 0 atom stereocenters. The van der Waals surface area contributed by atoms with Crippen molar-refractivity contribution >= 4 is 5.69 Å². The zero-order chi connectivity index (χ0) is 13.8. The van der Waals surface area contributed by atoms with E-state index < -0.39 is 0 Å². The fraction of sp³-hybridized carbons (Fsp3) is 0.250. The van der Waals surface area contributed by atoms with Crippen molar-refractivity contribution in [2.24, 2.45) is 0 Å². The molecular formula is C16H19FN2. The minimum Gasteiger partial charge on any atom is -0.378 e. The molecule has 2 aromatic rings. The Labute approximate surface area is 113 Å². The van der Waals surface area contributed by atoms with Gasteiger partial charge in [0.2, 0.25) is 0 Å². The molecule has 0 saturated heterocycles. The van der Waals surface area contributed by atoms with Gasteiger partial charge in [0, 0.05) is 26.3 Å². The van der Waals surface area contributed by atoms with E-state index in [1.807, 2.05) is 56.4 Å². The van der Waals surface area contributed by atoms with Crippen LogP contribution >= 0.6 is 0 Å². The summed E-state index contributed by atoms with van der Waals surface area (Å²) in [7, 11) is 5.90. The molecule has 0 unspecified atom stereocenters. The molecule has 0 radical (unpaired) electrons. The van der Waals surface area contributed by atoms with Gasteiger partial charge in [-0.1, -0.05) is 18.2 Å². The largest absolute Gasteiger partial charge is 0.378 e. The fourth-order valence-electron chi connectivity index (χ4n) is 2.10. The number of anilines is 1. The van der Waals surface area contributed by atoms with E-state index in [0.717, 1.165) is 28.9 Å². The molecule has 0 aromatic heterocycles. The molecule has 0 bridgehead atoms. The first-order valence-electron chi connectivity index (χ1n) is 6.32. The maximum atomic E-state index is 13.5. The molecule has 1 N–H and O–H groups in total. The van der Waals surface area contributed by atoms with Crippen LogP contribution in [-0.2, 0) is 6.54 Å². The highest BCUT2D eigenvalue weighted by Gasteiger charge is 2.06. The van der Waals surface area contributed by atoms with Crippen molar-refractivity contribution in [3.63, 3.8) is 0 Å². The van der Waals surface area contributed by atoms with Crippen molar-refractivity contribution in [2.75, 3.05) is 26.0 Å². The minimum absolute atomic E-state index is 0.202. The number of benzene rings is 2. The second kappa shape index (κ2) is 5.85. The van der Waals surface area contributed by atoms with Gasteiger partial charge in [-0.15, -0.1) is 0 Å². The normalized spacial score (nSPS) is 10.5. The maximum Gasteiger partial charge on any atom is 0.123 e. The molecule has 2 nitrogen and oxygen atoms in total.